The lowest BCUT2D eigenvalue weighted by atomic mass is 10.1. The summed E-state index contributed by atoms with van der Waals surface area (Å²) < 4.78 is 13.1. The van der Waals surface area contributed by atoms with Gasteiger partial charge in [-0.2, -0.15) is 0 Å². The first kappa shape index (κ1) is 13.5. The molecule has 0 aliphatic rings. The van der Waals surface area contributed by atoms with E-state index in [0.29, 0.717) is 0 Å². The van der Waals surface area contributed by atoms with Crippen LogP contribution < -0.4 is 5.32 Å². The molecule has 1 amide bonds. The number of carbonyl (C=O) groups excluding carboxylic acids is 1. The zero-order valence-corrected chi connectivity index (χ0v) is 10.0. The van der Waals surface area contributed by atoms with Crippen molar-refractivity contribution in [3.05, 3.63) is 53.6 Å². The topological polar surface area (TPSA) is 99.5 Å². The number of aromatic carboxylic acids is 1. The van der Waals surface area contributed by atoms with Gasteiger partial charge in [0.25, 0.3) is 5.91 Å². The Kier molecular flexibility index (Phi) is 3.60. The molecule has 2 aromatic rings. The first-order valence-electron chi connectivity index (χ1n) is 5.47. The third-order valence-electron chi connectivity index (χ3n) is 2.46. The van der Waals surface area contributed by atoms with Gasteiger partial charge in [0.1, 0.15) is 11.6 Å². The van der Waals surface area contributed by atoms with Crippen molar-refractivity contribution < 1.29 is 24.2 Å². The summed E-state index contributed by atoms with van der Waals surface area (Å²) in [4.78, 5) is 26.5. The van der Waals surface area contributed by atoms with Gasteiger partial charge in [-0.3, -0.25) is 4.79 Å². The first-order valence-corrected chi connectivity index (χ1v) is 5.47. The van der Waals surface area contributed by atoms with Gasteiger partial charge in [0.05, 0.1) is 11.3 Å². The smallest absolute Gasteiger partial charge is 0.337 e. The number of nitrogens with zero attached hydrogens (tertiary/aromatic N) is 1. The first-order chi connectivity index (χ1) is 9.49. The third-order valence-corrected chi connectivity index (χ3v) is 2.46. The average Bonchev–Trinajstić information content (AvgIpc) is 2.38. The molecule has 0 unspecified atom stereocenters. The highest BCUT2D eigenvalue weighted by atomic mass is 19.1. The highest BCUT2D eigenvalue weighted by molar-refractivity contribution is 6.07. The molecule has 3 N–H and O–H groups in total. The predicted octanol–water partition coefficient (Wildman–Crippen LogP) is 1.88. The van der Waals surface area contributed by atoms with E-state index in [4.69, 9.17) is 5.11 Å². The number of aromatic nitrogens is 1. The fourth-order valence-corrected chi connectivity index (χ4v) is 1.56. The van der Waals surface area contributed by atoms with Crippen LogP contribution in [0.1, 0.15) is 20.8 Å². The summed E-state index contributed by atoms with van der Waals surface area (Å²) >= 11 is 0. The number of carboxylic acid groups (broad SMARTS) is 1. The summed E-state index contributed by atoms with van der Waals surface area (Å²) in [5.41, 5.74) is -0.768. The molecule has 0 fully saturated rings. The van der Waals surface area contributed by atoms with Crippen molar-refractivity contribution in [3.8, 4) is 5.75 Å². The van der Waals surface area contributed by atoms with Crippen molar-refractivity contribution in [2.24, 2.45) is 0 Å². The average molecular weight is 276 g/mol. The molecule has 0 atom stereocenters. The lowest BCUT2D eigenvalue weighted by Gasteiger charge is -2.08. The number of rotatable bonds is 3. The zero-order valence-electron chi connectivity index (χ0n) is 10.0. The van der Waals surface area contributed by atoms with E-state index in [1.165, 1.54) is 18.3 Å². The Morgan fingerprint density at radius 1 is 1.25 bits per heavy atom. The van der Waals surface area contributed by atoms with Crippen LogP contribution in [0.2, 0.25) is 0 Å². The predicted molar refractivity (Wildman–Crippen MR) is 67.2 cm³/mol. The minimum absolute atomic E-state index is 0.215. The van der Waals surface area contributed by atoms with E-state index in [9.17, 15) is 19.1 Å². The molecule has 0 bridgehead atoms. The van der Waals surface area contributed by atoms with Crippen LogP contribution in [0.4, 0.5) is 10.1 Å². The Balaban J connectivity index is 2.35. The molecule has 1 aromatic carbocycles. The Morgan fingerprint density at radius 3 is 2.65 bits per heavy atom. The monoisotopic (exact) mass is 276 g/mol. The molecule has 0 spiro atoms. The molecule has 20 heavy (non-hydrogen) atoms. The number of benzene rings is 1. The van der Waals surface area contributed by atoms with Crippen molar-refractivity contribution in [1.82, 2.24) is 4.98 Å². The summed E-state index contributed by atoms with van der Waals surface area (Å²) in [5, 5.41) is 20.6. The second-order valence-corrected chi connectivity index (χ2v) is 3.82. The molecule has 2 rings (SSSR count). The van der Waals surface area contributed by atoms with Gasteiger partial charge in [0.2, 0.25) is 0 Å². The van der Waals surface area contributed by atoms with E-state index in [2.05, 4.69) is 10.3 Å². The van der Waals surface area contributed by atoms with E-state index in [-0.39, 0.29) is 22.7 Å². The molecule has 0 aliphatic heterocycles. The number of hydrogen-bond donors (Lipinski definition) is 3. The van der Waals surface area contributed by atoms with Crippen LogP contribution in [0.3, 0.4) is 0 Å². The van der Waals surface area contributed by atoms with Crippen LogP contribution in [0.5, 0.6) is 5.75 Å². The lowest BCUT2D eigenvalue weighted by Crippen LogP contribution is -2.16. The number of hydrogen-bond acceptors (Lipinski definition) is 4. The Morgan fingerprint density at radius 2 is 2.00 bits per heavy atom. The standard InChI is InChI=1S/C13H9FN2O4/c14-7-3-4-8(13(19)20)9(6-7)16-12(18)11-10(17)2-1-5-15-11/h1-6,17H,(H,16,18)(H,19,20). The van der Waals surface area contributed by atoms with E-state index in [1.54, 1.807) is 0 Å². The molecule has 1 heterocycles. The van der Waals surface area contributed by atoms with Gasteiger partial charge in [0.15, 0.2) is 5.69 Å². The van der Waals surface area contributed by atoms with Gasteiger partial charge in [0, 0.05) is 6.20 Å². The van der Waals surface area contributed by atoms with Crippen molar-refractivity contribution in [1.29, 1.82) is 0 Å². The largest absolute Gasteiger partial charge is 0.505 e. The van der Waals surface area contributed by atoms with Gasteiger partial charge in [-0.1, -0.05) is 0 Å². The number of halogens is 1. The summed E-state index contributed by atoms with van der Waals surface area (Å²) in [6, 6.07) is 5.56. The van der Waals surface area contributed by atoms with Crippen LogP contribution in [-0.2, 0) is 0 Å². The zero-order chi connectivity index (χ0) is 14.7. The Labute approximate surface area is 112 Å². The van der Waals surface area contributed by atoms with Gasteiger partial charge in [-0.05, 0) is 30.3 Å². The van der Waals surface area contributed by atoms with Crippen LogP contribution in [-0.4, -0.2) is 27.1 Å². The molecule has 0 saturated heterocycles. The normalized spacial score (nSPS) is 10.1. The SMILES string of the molecule is O=C(O)c1ccc(F)cc1NC(=O)c1ncccc1O. The van der Waals surface area contributed by atoms with E-state index in [1.807, 2.05) is 0 Å². The van der Waals surface area contributed by atoms with Crippen molar-refractivity contribution in [3.63, 3.8) is 0 Å². The fourth-order valence-electron chi connectivity index (χ4n) is 1.56. The molecule has 102 valence electrons. The number of carbonyl (C=O) groups is 2. The minimum atomic E-state index is -1.31. The van der Waals surface area contributed by atoms with Crippen molar-refractivity contribution in [2.45, 2.75) is 0 Å². The second kappa shape index (κ2) is 5.35. The number of nitrogens with one attached hydrogen (secondary N) is 1. The highest BCUT2D eigenvalue weighted by Crippen LogP contribution is 2.20. The number of pyridine rings is 1. The molecule has 0 saturated carbocycles. The second-order valence-electron chi connectivity index (χ2n) is 3.82. The third kappa shape index (κ3) is 2.72. The van der Waals surface area contributed by atoms with Crippen molar-refractivity contribution in [2.75, 3.05) is 5.32 Å². The highest BCUT2D eigenvalue weighted by Gasteiger charge is 2.17. The molecule has 1 aromatic heterocycles. The van der Waals surface area contributed by atoms with Crippen LogP contribution in [0.15, 0.2) is 36.5 Å². The van der Waals surface area contributed by atoms with Gasteiger partial charge >= 0.3 is 5.97 Å². The summed E-state index contributed by atoms with van der Waals surface area (Å²) in [7, 11) is 0. The summed E-state index contributed by atoms with van der Waals surface area (Å²) in [6.45, 7) is 0. The number of carboxylic acids is 1. The Hall–Kier alpha value is -2.96. The maximum absolute atomic E-state index is 13.1. The maximum Gasteiger partial charge on any atom is 0.337 e. The van der Waals surface area contributed by atoms with E-state index < -0.39 is 17.7 Å². The number of amides is 1. The van der Waals surface area contributed by atoms with E-state index >= 15 is 0 Å². The lowest BCUT2D eigenvalue weighted by molar-refractivity contribution is 0.0698. The van der Waals surface area contributed by atoms with Crippen LogP contribution >= 0.6 is 0 Å². The summed E-state index contributed by atoms with van der Waals surface area (Å²) in [5.74, 6) is -3.21. The van der Waals surface area contributed by atoms with Gasteiger partial charge < -0.3 is 15.5 Å². The van der Waals surface area contributed by atoms with Crippen LogP contribution in [0.25, 0.3) is 0 Å². The molecule has 7 heteroatoms. The van der Waals surface area contributed by atoms with E-state index in [0.717, 1.165) is 18.2 Å². The maximum atomic E-state index is 13.1. The Bertz CT molecular complexity index is 688. The molecule has 6 nitrogen and oxygen atoms in total. The molecular formula is C13H9FN2O4. The van der Waals surface area contributed by atoms with Gasteiger partial charge in [-0.15, -0.1) is 0 Å². The molecule has 0 aliphatic carbocycles. The molecule has 0 radical (unpaired) electrons. The molecular weight excluding hydrogens is 267 g/mol. The quantitative estimate of drug-likeness (QED) is 0.794. The van der Waals surface area contributed by atoms with Crippen LogP contribution in [0, 0.1) is 5.82 Å². The number of anilines is 1. The van der Waals surface area contributed by atoms with Crippen molar-refractivity contribution >= 4 is 17.6 Å². The fraction of sp³-hybridized carbons (Fsp3) is 0. The summed E-state index contributed by atoms with van der Waals surface area (Å²) in [6.07, 6.45) is 1.29. The minimum Gasteiger partial charge on any atom is -0.505 e. The van der Waals surface area contributed by atoms with Gasteiger partial charge in [-0.25, -0.2) is 14.2 Å². The number of aromatic hydroxyl groups is 1.